The summed E-state index contributed by atoms with van der Waals surface area (Å²) in [7, 11) is 0. The van der Waals surface area contributed by atoms with Crippen molar-refractivity contribution in [1.82, 2.24) is 0 Å². The van der Waals surface area contributed by atoms with Crippen LogP contribution in [0.1, 0.15) is 109 Å². The highest BCUT2D eigenvalue weighted by atomic mass is 19.4. The van der Waals surface area contributed by atoms with E-state index in [1.807, 2.05) is 12.1 Å². The minimum atomic E-state index is -4.30. The molecule has 2 saturated carbocycles. The molecular formula is C30H45F3O. The van der Waals surface area contributed by atoms with E-state index in [0.717, 1.165) is 23.3 Å². The summed E-state index contributed by atoms with van der Waals surface area (Å²) in [6, 6.07) is 6.89. The molecule has 34 heavy (non-hydrogen) atoms. The molecule has 0 bridgehead atoms. The van der Waals surface area contributed by atoms with Crippen molar-refractivity contribution in [3.05, 3.63) is 35.9 Å². The van der Waals surface area contributed by atoms with Gasteiger partial charge < -0.3 is 4.74 Å². The molecule has 2 aliphatic carbocycles. The fourth-order valence-corrected chi connectivity index (χ4v) is 6.06. The van der Waals surface area contributed by atoms with Crippen LogP contribution in [0.15, 0.2) is 30.3 Å². The Labute approximate surface area is 205 Å². The number of unbranched alkanes of at least 4 members (excludes halogenated alkanes) is 5. The summed E-state index contributed by atoms with van der Waals surface area (Å²) < 4.78 is 41.6. The van der Waals surface area contributed by atoms with Crippen LogP contribution in [0.25, 0.3) is 6.08 Å². The molecule has 0 aromatic heterocycles. The zero-order valence-electron chi connectivity index (χ0n) is 21.1. The molecule has 192 valence electrons. The van der Waals surface area contributed by atoms with E-state index in [4.69, 9.17) is 4.74 Å². The fraction of sp³-hybridized carbons (Fsp3) is 0.733. The SMILES string of the molecule is CCCCCCCC[C@H]1CC[C@H]([C@H]2CC[C@H](C=Cc3ccc(OCC(F)(F)F)cc3)CC2)CC1. The van der Waals surface area contributed by atoms with Gasteiger partial charge in [-0.1, -0.05) is 89.0 Å². The van der Waals surface area contributed by atoms with Crippen molar-refractivity contribution in [1.29, 1.82) is 0 Å². The van der Waals surface area contributed by atoms with Crippen molar-refractivity contribution >= 4 is 6.08 Å². The van der Waals surface area contributed by atoms with E-state index in [9.17, 15) is 13.2 Å². The lowest BCUT2D eigenvalue weighted by Crippen LogP contribution is -2.25. The molecule has 2 fully saturated rings. The molecule has 0 aliphatic heterocycles. The Morgan fingerprint density at radius 2 is 1.38 bits per heavy atom. The van der Waals surface area contributed by atoms with E-state index < -0.39 is 12.8 Å². The number of ether oxygens (including phenoxy) is 1. The number of hydrogen-bond donors (Lipinski definition) is 0. The van der Waals surface area contributed by atoms with Crippen LogP contribution in [-0.4, -0.2) is 12.8 Å². The molecule has 0 unspecified atom stereocenters. The summed E-state index contributed by atoms with van der Waals surface area (Å²) in [6.45, 7) is 1.04. The van der Waals surface area contributed by atoms with Crippen LogP contribution in [0.5, 0.6) is 5.75 Å². The molecule has 1 aromatic rings. The van der Waals surface area contributed by atoms with Gasteiger partial charge in [-0.3, -0.25) is 0 Å². The molecular weight excluding hydrogens is 433 g/mol. The summed E-state index contributed by atoms with van der Waals surface area (Å²) in [6.07, 6.45) is 21.1. The van der Waals surface area contributed by atoms with Crippen LogP contribution in [0.2, 0.25) is 0 Å². The molecule has 0 N–H and O–H groups in total. The smallest absolute Gasteiger partial charge is 0.422 e. The number of alkyl halides is 3. The Morgan fingerprint density at radius 1 is 0.794 bits per heavy atom. The maximum atomic E-state index is 12.3. The quantitative estimate of drug-likeness (QED) is 0.272. The second kappa shape index (κ2) is 14.2. The monoisotopic (exact) mass is 478 g/mol. The second-order valence-electron chi connectivity index (χ2n) is 10.8. The molecule has 0 saturated heterocycles. The molecule has 0 radical (unpaired) electrons. The van der Waals surface area contributed by atoms with Crippen molar-refractivity contribution in [2.24, 2.45) is 23.7 Å². The molecule has 3 rings (SSSR count). The van der Waals surface area contributed by atoms with Crippen molar-refractivity contribution in [3.8, 4) is 5.75 Å². The van der Waals surface area contributed by atoms with E-state index in [1.54, 1.807) is 12.1 Å². The van der Waals surface area contributed by atoms with Gasteiger partial charge in [0.25, 0.3) is 0 Å². The van der Waals surface area contributed by atoms with Crippen LogP contribution >= 0.6 is 0 Å². The first-order valence-electron chi connectivity index (χ1n) is 13.9. The van der Waals surface area contributed by atoms with Crippen molar-refractivity contribution in [2.75, 3.05) is 6.61 Å². The second-order valence-corrected chi connectivity index (χ2v) is 10.8. The van der Waals surface area contributed by atoms with Crippen LogP contribution in [0.4, 0.5) is 13.2 Å². The Morgan fingerprint density at radius 3 is 2.00 bits per heavy atom. The van der Waals surface area contributed by atoms with Gasteiger partial charge in [0.15, 0.2) is 6.61 Å². The van der Waals surface area contributed by atoms with Gasteiger partial charge in [-0.05, 0) is 79.9 Å². The van der Waals surface area contributed by atoms with E-state index in [1.165, 1.54) is 96.3 Å². The van der Waals surface area contributed by atoms with Crippen molar-refractivity contribution < 1.29 is 17.9 Å². The number of allylic oxidation sites excluding steroid dienone is 1. The zero-order valence-corrected chi connectivity index (χ0v) is 21.1. The Bertz CT molecular complexity index is 693. The minimum Gasteiger partial charge on any atom is -0.484 e. The third kappa shape index (κ3) is 10.0. The molecule has 1 nitrogen and oxygen atoms in total. The van der Waals surface area contributed by atoms with Gasteiger partial charge in [-0.25, -0.2) is 0 Å². The first-order chi connectivity index (χ1) is 16.4. The van der Waals surface area contributed by atoms with E-state index >= 15 is 0 Å². The predicted molar refractivity (Wildman–Crippen MR) is 136 cm³/mol. The highest BCUT2D eigenvalue weighted by molar-refractivity contribution is 5.50. The van der Waals surface area contributed by atoms with Crippen LogP contribution < -0.4 is 4.74 Å². The van der Waals surface area contributed by atoms with E-state index in [-0.39, 0.29) is 5.75 Å². The lowest BCUT2D eigenvalue weighted by atomic mass is 9.68. The molecule has 0 spiro atoms. The molecule has 0 heterocycles. The van der Waals surface area contributed by atoms with Gasteiger partial charge in [0.2, 0.25) is 0 Å². The minimum absolute atomic E-state index is 0.261. The fourth-order valence-electron chi connectivity index (χ4n) is 6.06. The molecule has 2 aliphatic rings. The normalized spacial score (nSPS) is 26.1. The highest BCUT2D eigenvalue weighted by Gasteiger charge is 2.30. The van der Waals surface area contributed by atoms with Gasteiger partial charge in [0.1, 0.15) is 5.75 Å². The van der Waals surface area contributed by atoms with Crippen molar-refractivity contribution in [3.63, 3.8) is 0 Å². The molecule has 4 heteroatoms. The van der Waals surface area contributed by atoms with Gasteiger partial charge in [0.05, 0.1) is 0 Å². The maximum absolute atomic E-state index is 12.3. The Hall–Kier alpha value is -1.45. The first kappa shape index (κ1) is 27.1. The Kier molecular flexibility index (Phi) is 11.3. The number of benzene rings is 1. The van der Waals surface area contributed by atoms with Crippen LogP contribution in [-0.2, 0) is 0 Å². The molecule has 0 atom stereocenters. The summed E-state index contributed by atoms with van der Waals surface area (Å²) >= 11 is 0. The summed E-state index contributed by atoms with van der Waals surface area (Å²) in [5.41, 5.74) is 1.02. The number of rotatable bonds is 12. The van der Waals surface area contributed by atoms with Crippen molar-refractivity contribution in [2.45, 2.75) is 109 Å². The third-order valence-electron chi connectivity index (χ3n) is 8.18. The maximum Gasteiger partial charge on any atom is 0.422 e. The highest BCUT2D eigenvalue weighted by Crippen LogP contribution is 2.42. The summed E-state index contributed by atoms with van der Waals surface area (Å²) in [4.78, 5) is 0. The molecule has 1 aromatic carbocycles. The number of halogens is 3. The van der Waals surface area contributed by atoms with Crippen LogP contribution in [0, 0.1) is 23.7 Å². The predicted octanol–water partition coefficient (Wildman–Crippen LogP) is 10.0. The standard InChI is InChI=1S/C30H45F3O/c1-2-3-4-5-6-7-8-24-11-17-27(18-12-24)28-19-13-25(14-20-28)9-10-26-15-21-29(22-16-26)34-23-30(31,32)33/h9-10,15-16,21-22,24-25,27-28H,2-8,11-14,17-20,23H2,1H3/t24-,25-,27-,28-. The first-order valence-corrected chi connectivity index (χ1v) is 13.9. The van der Waals surface area contributed by atoms with Gasteiger partial charge in [-0.2, -0.15) is 13.2 Å². The molecule has 0 amide bonds. The largest absolute Gasteiger partial charge is 0.484 e. The average Bonchev–Trinajstić information content (AvgIpc) is 2.84. The van der Waals surface area contributed by atoms with Gasteiger partial charge in [0, 0.05) is 0 Å². The van der Waals surface area contributed by atoms with Gasteiger partial charge in [-0.15, -0.1) is 0 Å². The van der Waals surface area contributed by atoms with Crippen LogP contribution in [0.3, 0.4) is 0 Å². The Balaban J connectivity index is 1.30. The third-order valence-corrected chi connectivity index (χ3v) is 8.18. The summed E-state index contributed by atoms with van der Waals surface area (Å²) in [5.74, 6) is 3.75. The van der Waals surface area contributed by atoms with Gasteiger partial charge >= 0.3 is 6.18 Å². The average molecular weight is 479 g/mol. The lowest BCUT2D eigenvalue weighted by Gasteiger charge is -2.37. The zero-order chi connectivity index (χ0) is 24.2. The topological polar surface area (TPSA) is 9.23 Å². The lowest BCUT2D eigenvalue weighted by molar-refractivity contribution is -0.153. The number of hydrogen-bond acceptors (Lipinski definition) is 1. The van der Waals surface area contributed by atoms with E-state index in [2.05, 4.69) is 19.1 Å². The van der Waals surface area contributed by atoms with E-state index in [0.29, 0.717) is 5.92 Å². The summed E-state index contributed by atoms with van der Waals surface area (Å²) in [5, 5.41) is 0.